The molecular formula is C25H41NO4. The van der Waals surface area contributed by atoms with Gasteiger partial charge in [-0.05, 0) is 68.2 Å². The van der Waals surface area contributed by atoms with Gasteiger partial charge in [-0.25, -0.2) is 0 Å². The first-order chi connectivity index (χ1) is 14.6. The van der Waals surface area contributed by atoms with Crippen LogP contribution >= 0.6 is 0 Å². The zero-order valence-electron chi connectivity index (χ0n) is 19.5. The van der Waals surface area contributed by atoms with Gasteiger partial charge in [0.15, 0.2) is 17.8 Å². The minimum absolute atomic E-state index is 0.0127. The highest BCUT2D eigenvalue weighted by atomic mass is 16.7. The molecule has 2 heterocycles. The topological polar surface area (TPSA) is 40.2 Å². The smallest absolute Gasteiger partial charge is 0.161 e. The van der Waals surface area contributed by atoms with Crippen molar-refractivity contribution in [2.75, 3.05) is 33.9 Å². The Balaban J connectivity index is 1.63. The Hall–Kier alpha value is -1.30. The van der Waals surface area contributed by atoms with E-state index in [0.29, 0.717) is 5.92 Å². The number of fused-ring (bicyclic) bond motifs is 1. The van der Waals surface area contributed by atoms with E-state index in [4.69, 9.17) is 18.9 Å². The first-order valence-corrected chi connectivity index (χ1v) is 11.9. The predicted molar refractivity (Wildman–Crippen MR) is 120 cm³/mol. The number of unbranched alkanes of at least 4 members (excludes halogenated alkanes) is 2. The van der Waals surface area contributed by atoms with Crippen LogP contribution in [0.15, 0.2) is 12.1 Å². The maximum atomic E-state index is 6.38. The maximum absolute atomic E-state index is 6.38. The molecule has 1 fully saturated rings. The van der Waals surface area contributed by atoms with Gasteiger partial charge in [0.05, 0.1) is 20.3 Å². The summed E-state index contributed by atoms with van der Waals surface area (Å²) >= 11 is 0. The Kier molecular flexibility index (Phi) is 9.28. The van der Waals surface area contributed by atoms with Crippen molar-refractivity contribution >= 4 is 0 Å². The fourth-order valence-corrected chi connectivity index (χ4v) is 4.73. The first kappa shape index (κ1) is 23.4. The molecule has 2 unspecified atom stereocenters. The fourth-order valence-electron chi connectivity index (χ4n) is 4.73. The highest BCUT2D eigenvalue weighted by Gasteiger charge is 2.27. The maximum Gasteiger partial charge on any atom is 0.161 e. The molecule has 1 saturated heterocycles. The lowest BCUT2D eigenvalue weighted by Crippen LogP contribution is -2.40. The van der Waals surface area contributed by atoms with Crippen LogP contribution in [0, 0.1) is 5.92 Å². The monoisotopic (exact) mass is 419 g/mol. The minimum Gasteiger partial charge on any atom is -0.493 e. The molecular weight excluding hydrogens is 378 g/mol. The first-order valence-electron chi connectivity index (χ1n) is 11.9. The van der Waals surface area contributed by atoms with E-state index in [2.05, 4.69) is 30.9 Å². The molecule has 3 rings (SSSR count). The van der Waals surface area contributed by atoms with Crippen LogP contribution in [0.2, 0.25) is 0 Å². The second-order valence-electron chi connectivity index (χ2n) is 8.85. The van der Waals surface area contributed by atoms with Crippen LogP contribution in [-0.2, 0) is 22.4 Å². The lowest BCUT2D eigenvalue weighted by molar-refractivity contribution is -0.196. The molecule has 3 atom stereocenters. The lowest BCUT2D eigenvalue weighted by Gasteiger charge is -2.36. The van der Waals surface area contributed by atoms with Crippen molar-refractivity contribution in [2.24, 2.45) is 5.92 Å². The SMILES string of the molecule is CCCCCC(CN1CCc2cc(OC)c(OC)cc2C1)[C@@H](C)OC1CCCCO1. The third-order valence-electron chi connectivity index (χ3n) is 6.64. The number of hydrogen-bond acceptors (Lipinski definition) is 5. The standard InChI is InChI=1S/C25H41NO4/c1-5-6-7-10-21(19(2)30-25-11-8-9-14-29-25)17-26-13-12-20-15-23(27-3)24(28-4)16-22(20)18-26/h15-16,19,21,25H,5-14,17-18H2,1-4H3/t19-,21?,25?/m1/s1. The average molecular weight is 420 g/mol. The van der Waals surface area contributed by atoms with E-state index in [1.165, 1.54) is 43.2 Å². The largest absolute Gasteiger partial charge is 0.493 e. The molecule has 5 nitrogen and oxygen atoms in total. The highest BCUT2D eigenvalue weighted by molar-refractivity contribution is 5.48. The van der Waals surface area contributed by atoms with Crippen molar-refractivity contribution in [1.29, 1.82) is 0 Å². The average Bonchev–Trinajstić information content (AvgIpc) is 2.78. The molecule has 1 aromatic carbocycles. The summed E-state index contributed by atoms with van der Waals surface area (Å²) in [6, 6.07) is 4.30. The van der Waals surface area contributed by atoms with Gasteiger partial charge in [0, 0.05) is 26.2 Å². The molecule has 0 aromatic heterocycles. The number of hydrogen-bond donors (Lipinski definition) is 0. The van der Waals surface area contributed by atoms with Crippen LogP contribution < -0.4 is 9.47 Å². The molecule has 0 bridgehead atoms. The molecule has 0 amide bonds. The number of rotatable bonds is 11. The Morgan fingerprint density at radius 3 is 2.53 bits per heavy atom. The molecule has 30 heavy (non-hydrogen) atoms. The summed E-state index contributed by atoms with van der Waals surface area (Å²) in [6.07, 6.45) is 9.71. The number of ether oxygens (including phenoxy) is 4. The molecule has 0 saturated carbocycles. The van der Waals surface area contributed by atoms with E-state index in [9.17, 15) is 0 Å². The Morgan fingerprint density at radius 2 is 1.87 bits per heavy atom. The summed E-state index contributed by atoms with van der Waals surface area (Å²) in [6.45, 7) is 8.48. The van der Waals surface area contributed by atoms with Gasteiger partial charge in [-0.1, -0.05) is 26.2 Å². The summed E-state index contributed by atoms with van der Waals surface area (Å²) in [5.74, 6) is 2.18. The van der Waals surface area contributed by atoms with Crippen molar-refractivity contribution in [3.8, 4) is 11.5 Å². The van der Waals surface area contributed by atoms with Gasteiger partial charge in [-0.15, -0.1) is 0 Å². The van der Waals surface area contributed by atoms with Crippen LogP contribution in [0.1, 0.15) is 69.9 Å². The summed E-state index contributed by atoms with van der Waals surface area (Å²) < 4.78 is 23.2. The summed E-state index contributed by atoms with van der Waals surface area (Å²) in [4.78, 5) is 2.59. The van der Waals surface area contributed by atoms with E-state index in [1.807, 2.05) is 0 Å². The van der Waals surface area contributed by atoms with Gasteiger partial charge in [0.25, 0.3) is 0 Å². The Bertz CT molecular complexity index is 644. The second-order valence-corrected chi connectivity index (χ2v) is 8.85. The lowest BCUT2D eigenvalue weighted by atomic mass is 9.93. The summed E-state index contributed by atoms with van der Waals surface area (Å²) in [5.41, 5.74) is 2.74. The van der Waals surface area contributed by atoms with Crippen molar-refractivity contribution < 1.29 is 18.9 Å². The molecule has 0 aliphatic carbocycles. The van der Waals surface area contributed by atoms with Crippen molar-refractivity contribution in [3.05, 3.63) is 23.3 Å². The number of benzene rings is 1. The zero-order chi connectivity index (χ0) is 21.3. The zero-order valence-corrected chi connectivity index (χ0v) is 19.5. The molecule has 0 radical (unpaired) electrons. The minimum atomic E-state index is -0.0127. The van der Waals surface area contributed by atoms with Crippen molar-refractivity contribution in [3.63, 3.8) is 0 Å². The van der Waals surface area contributed by atoms with Crippen molar-refractivity contribution in [2.45, 2.75) is 84.2 Å². The third kappa shape index (κ3) is 6.35. The van der Waals surface area contributed by atoms with Crippen LogP contribution in [0.5, 0.6) is 11.5 Å². The molecule has 2 aliphatic heterocycles. The van der Waals surface area contributed by atoms with Gasteiger partial charge in [-0.3, -0.25) is 4.90 Å². The predicted octanol–water partition coefficient (Wildman–Crippen LogP) is 5.19. The molecule has 1 aromatic rings. The molecule has 0 spiro atoms. The van der Waals surface area contributed by atoms with Crippen molar-refractivity contribution in [1.82, 2.24) is 4.90 Å². The third-order valence-corrected chi connectivity index (χ3v) is 6.64. The van der Waals surface area contributed by atoms with E-state index in [0.717, 1.165) is 57.0 Å². The second kappa shape index (κ2) is 11.9. The van der Waals surface area contributed by atoms with E-state index in [1.54, 1.807) is 14.2 Å². The quantitative estimate of drug-likeness (QED) is 0.462. The molecule has 170 valence electrons. The van der Waals surface area contributed by atoms with Gasteiger partial charge >= 0.3 is 0 Å². The van der Waals surface area contributed by atoms with Gasteiger partial charge in [-0.2, -0.15) is 0 Å². The van der Waals surface area contributed by atoms with E-state index >= 15 is 0 Å². The molecule has 2 aliphatic rings. The van der Waals surface area contributed by atoms with Gasteiger partial charge in [0.2, 0.25) is 0 Å². The van der Waals surface area contributed by atoms with E-state index in [-0.39, 0.29) is 12.4 Å². The highest BCUT2D eigenvalue weighted by Crippen LogP contribution is 2.34. The fraction of sp³-hybridized carbons (Fsp3) is 0.760. The van der Waals surface area contributed by atoms with Crippen LogP contribution in [0.4, 0.5) is 0 Å². The normalized spacial score (nSPS) is 21.7. The Morgan fingerprint density at radius 1 is 1.10 bits per heavy atom. The summed E-state index contributed by atoms with van der Waals surface area (Å²) in [5, 5.41) is 0. The van der Waals surface area contributed by atoms with E-state index < -0.39 is 0 Å². The summed E-state index contributed by atoms with van der Waals surface area (Å²) in [7, 11) is 3.42. The molecule has 5 heteroatoms. The Labute approximate surface area is 183 Å². The number of methoxy groups -OCH3 is 2. The van der Waals surface area contributed by atoms with Crippen LogP contribution in [0.25, 0.3) is 0 Å². The number of nitrogens with zero attached hydrogens (tertiary/aromatic N) is 1. The molecule has 0 N–H and O–H groups in total. The van der Waals surface area contributed by atoms with Gasteiger partial charge in [0.1, 0.15) is 0 Å². The van der Waals surface area contributed by atoms with Crippen LogP contribution in [-0.4, -0.2) is 51.2 Å². The van der Waals surface area contributed by atoms with Crippen LogP contribution in [0.3, 0.4) is 0 Å². The van der Waals surface area contributed by atoms with Gasteiger partial charge < -0.3 is 18.9 Å².